The predicted molar refractivity (Wildman–Crippen MR) is 127 cm³/mol. The summed E-state index contributed by atoms with van der Waals surface area (Å²) < 4.78 is 24.3. The van der Waals surface area contributed by atoms with E-state index in [1.54, 1.807) is 43.2 Å². The molecule has 7 heteroatoms. The standard InChI is InChI=1S/C27H27FN2O4/c1-18-27(32)30(13-12-19-6-8-22(28)9-7-19)17-21-16-23(10-11-25(21)34-18)29-26(31)15-20-4-3-5-24(14-20)33-2/h3-11,14,16,18H,12-13,15,17H2,1-2H3,(H,29,31)/t18-/m1/s1. The highest BCUT2D eigenvalue weighted by molar-refractivity contribution is 5.92. The topological polar surface area (TPSA) is 67.9 Å². The molecule has 34 heavy (non-hydrogen) atoms. The molecule has 1 heterocycles. The molecule has 3 aromatic rings. The van der Waals surface area contributed by atoms with E-state index in [4.69, 9.17) is 9.47 Å². The lowest BCUT2D eigenvalue weighted by Crippen LogP contribution is -2.39. The lowest BCUT2D eigenvalue weighted by atomic mass is 10.1. The van der Waals surface area contributed by atoms with Crippen molar-refractivity contribution in [2.75, 3.05) is 19.0 Å². The fourth-order valence-electron chi connectivity index (χ4n) is 3.95. The highest BCUT2D eigenvalue weighted by atomic mass is 19.1. The van der Waals surface area contributed by atoms with Crippen molar-refractivity contribution in [2.24, 2.45) is 0 Å². The first-order valence-corrected chi connectivity index (χ1v) is 11.2. The predicted octanol–water partition coefficient (Wildman–Crippen LogP) is 4.37. The molecule has 3 aromatic carbocycles. The Morgan fingerprint density at radius 1 is 1.12 bits per heavy atom. The normalized spacial score (nSPS) is 15.2. The molecule has 1 aliphatic heterocycles. The maximum Gasteiger partial charge on any atom is 0.263 e. The molecule has 1 atom stereocenters. The highest BCUT2D eigenvalue weighted by Gasteiger charge is 2.27. The molecule has 176 valence electrons. The lowest BCUT2D eigenvalue weighted by Gasteiger charge is -2.22. The number of fused-ring (bicyclic) bond motifs is 1. The van der Waals surface area contributed by atoms with Gasteiger partial charge >= 0.3 is 0 Å². The molecule has 0 radical (unpaired) electrons. The van der Waals surface area contributed by atoms with Crippen LogP contribution in [-0.2, 0) is 29.0 Å². The second-order valence-electron chi connectivity index (χ2n) is 8.30. The van der Waals surface area contributed by atoms with Crippen LogP contribution in [0, 0.1) is 5.82 Å². The van der Waals surface area contributed by atoms with Crippen molar-refractivity contribution in [3.05, 3.63) is 89.2 Å². The fourth-order valence-corrected chi connectivity index (χ4v) is 3.95. The minimum absolute atomic E-state index is 0.109. The van der Waals surface area contributed by atoms with Crippen LogP contribution in [0.25, 0.3) is 0 Å². The molecule has 0 aliphatic carbocycles. The smallest absolute Gasteiger partial charge is 0.263 e. The van der Waals surface area contributed by atoms with Gasteiger partial charge in [-0.2, -0.15) is 0 Å². The van der Waals surface area contributed by atoms with Gasteiger partial charge in [0.2, 0.25) is 5.91 Å². The van der Waals surface area contributed by atoms with Crippen molar-refractivity contribution in [2.45, 2.75) is 32.4 Å². The van der Waals surface area contributed by atoms with Gasteiger partial charge in [-0.3, -0.25) is 9.59 Å². The van der Waals surface area contributed by atoms with Crippen molar-refractivity contribution < 1.29 is 23.5 Å². The Morgan fingerprint density at radius 2 is 1.91 bits per heavy atom. The van der Waals surface area contributed by atoms with Crippen LogP contribution in [-0.4, -0.2) is 36.5 Å². The Hall–Kier alpha value is -3.87. The van der Waals surface area contributed by atoms with Gasteiger partial charge in [0.1, 0.15) is 17.3 Å². The Balaban J connectivity index is 1.45. The van der Waals surface area contributed by atoms with Gasteiger partial charge in [0.15, 0.2) is 6.10 Å². The van der Waals surface area contributed by atoms with Crippen molar-refractivity contribution in [1.82, 2.24) is 4.90 Å². The SMILES string of the molecule is COc1cccc(CC(=O)Nc2ccc3c(c2)CN(CCc2ccc(F)cc2)C(=O)[C@@H](C)O3)c1. The number of methoxy groups -OCH3 is 1. The van der Waals surface area contributed by atoms with Gasteiger partial charge < -0.3 is 19.7 Å². The summed E-state index contributed by atoms with van der Waals surface area (Å²) in [6.07, 6.45) is 0.192. The number of nitrogens with zero attached hydrogens (tertiary/aromatic N) is 1. The number of ether oxygens (including phenoxy) is 2. The van der Waals surface area contributed by atoms with Crippen LogP contribution in [0.3, 0.4) is 0 Å². The number of carbonyl (C=O) groups excluding carboxylic acids is 2. The first kappa shape index (κ1) is 23.3. The summed E-state index contributed by atoms with van der Waals surface area (Å²) in [4.78, 5) is 27.2. The molecule has 0 unspecified atom stereocenters. The largest absolute Gasteiger partial charge is 0.497 e. The zero-order chi connectivity index (χ0) is 24.1. The zero-order valence-electron chi connectivity index (χ0n) is 19.2. The number of halogens is 1. The number of carbonyl (C=O) groups is 2. The Kier molecular flexibility index (Phi) is 7.11. The average molecular weight is 463 g/mol. The molecule has 0 spiro atoms. The van der Waals surface area contributed by atoms with E-state index >= 15 is 0 Å². The number of nitrogens with one attached hydrogen (secondary N) is 1. The molecule has 6 nitrogen and oxygen atoms in total. The summed E-state index contributed by atoms with van der Waals surface area (Å²) in [5.41, 5.74) is 3.25. The zero-order valence-corrected chi connectivity index (χ0v) is 19.2. The Labute approximate surface area is 198 Å². The second-order valence-corrected chi connectivity index (χ2v) is 8.30. The first-order valence-electron chi connectivity index (χ1n) is 11.2. The van der Waals surface area contributed by atoms with Gasteiger partial charge in [-0.25, -0.2) is 4.39 Å². The van der Waals surface area contributed by atoms with Crippen LogP contribution in [0.4, 0.5) is 10.1 Å². The van der Waals surface area contributed by atoms with Crippen LogP contribution in [0.1, 0.15) is 23.6 Å². The molecule has 1 aliphatic rings. The lowest BCUT2D eigenvalue weighted by molar-refractivity contribution is -0.137. The summed E-state index contributed by atoms with van der Waals surface area (Å²) in [5, 5.41) is 2.92. The minimum Gasteiger partial charge on any atom is -0.497 e. The number of amides is 2. The first-order chi connectivity index (χ1) is 16.4. The van der Waals surface area contributed by atoms with E-state index in [2.05, 4.69) is 5.32 Å². The molecule has 0 saturated carbocycles. The second kappa shape index (κ2) is 10.4. The van der Waals surface area contributed by atoms with E-state index in [9.17, 15) is 14.0 Å². The van der Waals surface area contributed by atoms with E-state index < -0.39 is 6.10 Å². The number of anilines is 1. The van der Waals surface area contributed by atoms with E-state index in [1.807, 2.05) is 30.3 Å². The van der Waals surface area contributed by atoms with Crippen LogP contribution in [0.2, 0.25) is 0 Å². The van der Waals surface area contributed by atoms with Crippen LogP contribution < -0.4 is 14.8 Å². The number of hydrogen-bond donors (Lipinski definition) is 1. The molecule has 0 saturated heterocycles. The van der Waals surface area contributed by atoms with Crippen molar-refractivity contribution in [1.29, 1.82) is 0 Å². The molecule has 1 N–H and O–H groups in total. The number of benzene rings is 3. The molecule has 0 fully saturated rings. The summed E-state index contributed by atoms with van der Waals surface area (Å²) in [5.74, 6) is 0.775. The molecule has 0 bridgehead atoms. The van der Waals surface area contributed by atoms with Gasteiger partial charge in [-0.1, -0.05) is 24.3 Å². The minimum atomic E-state index is -0.622. The summed E-state index contributed by atoms with van der Waals surface area (Å²) in [7, 11) is 1.59. The third kappa shape index (κ3) is 5.73. The van der Waals surface area contributed by atoms with Crippen molar-refractivity contribution in [3.8, 4) is 11.5 Å². The van der Waals surface area contributed by atoms with Crippen LogP contribution >= 0.6 is 0 Å². The van der Waals surface area contributed by atoms with E-state index in [0.29, 0.717) is 36.7 Å². The van der Waals surface area contributed by atoms with E-state index in [1.165, 1.54) is 12.1 Å². The quantitative estimate of drug-likeness (QED) is 0.566. The number of rotatable bonds is 7. The monoisotopic (exact) mass is 462 g/mol. The number of hydrogen-bond acceptors (Lipinski definition) is 4. The van der Waals surface area contributed by atoms with Gasteiger partial charge in [-0.05, 0) is 66.9 Å². The molecule has 2 amide bonds. The van der Waals surface area contributed by atoms with E-state index in [-0.39, 0.29) is 24.1 Å². The van der Waals surface area contributed by atoms with Gasteiger partial charge in [0.05, 0.1) is 13.5 Å². The van der Waals surface area contributed by atoms with Gasteiger partial charge in [0, 0.05) is 24.3 Å². The van der Waals surface area contributed by atoms with Crippen LogP contribution in [0.5, 0.6) is 11.5 Å². The molecule has 0 aromatic heterocycles. The maximum atomic E-state index is 13.2. The van der Waals surface area contributed by atoms with E-state index in [0.717, 1.165) is 16.7 Å². The molecule has 4 rings (SSSR count). The fraction of sp³-hybridized carbons (Fsp3) is 0.259. The maximum absolute atomic E-state index is 13.2. The third-order valence-electron chi connectivity index (χ3n) is 5.75. The molecular formula is C27H27FN2O4. The van der Waals surface area contributed by atoms with Crippen molar-refractivity contribution >= 4 is 17.5 Å². The van der Waals surface area contributed by atoms with Crippen LogP contribution in [0.15, 0.2) is 66.7 Å². The Morgan fingerprint density at radius 3 is 2.68 bits per heavy atom. The van der Waals surface area contributed by atoms with Crippen molar-refractivity contribution in [3.63, 3.8) is 0 Å². The third-order valence-corrected chi connectivity index (χ3v) is 5.75. The Bertz CT molecular complexity index is 1180. The summed E-state index contributed by atoms with van der Waals surface area (Å²) in [6.45, 7) is 2.56. The van der Waals surface area contributed by atoms with Gasteiger partial charge in [0.25, 0.3) is 5.91 Å². The average Bonchev–Trinajstić information content (AvgIpc) is 2.94. The summed E-state index contributed by atoms with van der Waals surface area (Å²) in [6, 6.07) is 19.1. The highest BCUT2D eigenvalue weighted by Crippen LogP contribution is 2.29. The summed E-state index contributed by atoms with van der Waals surface area (Å²) >= 11 is 0. The molecular weight excluding hydrogens is 435 g/mol. The van der Waals surface area contributed by atoms with Gasteiger partial charge in [-0.15, -0.1) is 0 Å².